The number of aliphatic imine (C=N–C) groups is 1. The molecule has 2 rings (SSSR count). The summed E-state index contributed by atoms with van der Waals surface area (Å²) in [6.45, 7) is 7.48. The number of rotatable bonds is 7. The van der Waals surface area contributed by atoms with Gasteiger partial charge >= 0.3 is 0 Å². The summed E-state index contributed by atoms with van der Waals surface area (Å²) in [6.07, 6.45) is 4.81. The fraction of sp³-hybridized carbons (Fsp3) is 0.714. The molecular formula is C14H27IN6O. The monoisotopic (exact) mass is 422 g/mol. The molecule has 0 unspecified atom stereocenters. The van der Waals surface area contributed by atoms with Crippen molar-refractivity contribution in [3.8, 4) is 0 Å². The van der Waals surface area contributed by atoms with Gasteiger partial charge in [0.2, 0.25) is 0 Å². The highest BCUT2D eigenvalue weighted by Crippen LogP contribution is 1.94. The van der Waals surface area contributed by atoms with Crippen LogP contribution in [0.3, 0.4) is 0 Å². The number of halogens is 1. The van der Waals surface area contributed by atoms with E-state index in [-0.39, 0.29) is 24.0 Å². The number of hydrogen-bond donors (Lipinski definition) is 2. The van der Waals surface area contributed by atoms with Gasteiger partial charge in [0, 0.05) is 58.7 Å². The summed E-state index contributed by atoms with van der Waals surface area (Å²) in [4.78, 5) is 6.64. The van der Waals surface area contributed by atoms with Crippen molar-refractivity contribution in [2.75, 3.05) is 53.0 Å². The van der Waals surface area contributed by atoms with Crippen LogP contribution in [0, 0.1) is 0 Å². The summed E-state index contributed by atoms with van der Waals surface area (Å²) in [5.41, 5.74) is 0. The van der Waals surface area contributed by atoms with Crippen molar-refractivity contribution in [2.24, 2.45) is 4.99 Å². The zero-order valence-corrected chi connectivity index (χ0v) is 15.5. The van der Waals surface area contributed by atoms with E-state index < -0.39 is 0 Å². The molecule has 1 saturated heterocycles. The Hall–Kier alpha value is -0.870. The van der Waals surface area contributed by atoms with E-state index >= 15 is 0 Å². The van der Waals surface area contributed by atoms with Crippen LogP contribution >= 0.6 is 24.0 Å². The first-order valence-corrected chi connectivity index (χ1v) is 7.60. The normalized spacial score (nSPS) is 16.1. The Morgan fingerprint density at radius 2 is 2.00 bits per heavy atom. The number of nitrogens with zero attached hydrogens (tertiary/aromatic N) is 4. The molecule has 0 amide bonds. The van der Waals surface area contributed by atoms with E-state index in [1.807, 2.05) is 16.9 Å². The van der Waals surface area contributed by atoms with Crippen LogP contribution in [0.1, 0.15) is 6.42 Å². The van der Waals surface area contributed by atoms with Gasteiger partial charge in [-0.2, -0.15) is 5.10 Å². The lowest BCUT2D eigenvalue weighted by Crippen LogP contribution is -2.44. The van der Waals surface area contributed by atoms with E-state index in [1.165, 1.54) is 0 Å². The molecule has 1 fully saturated rings. The SMILES string of the molecule is CN=C(NCCCn1cccn1)NCCN1CCOCC1.I. The molecule has 0 radical (unpaired) electrons. The van der Waals surface area contributed by atoms with Crippen molar-refractivity contribution >= 4 is 29.9 Å². The maximum absolute atomic E-state index is 5.34. The smallest absolute Gasteiger partial charge is 0.191 e. The molecule has 8 heteroatoms. The Kier molecular flexibility index (Phi) is 10.2. The van der Waals surface area contributed by atoms with Crippen molar-refractivity contribution in [3.05, 3.63) is 18.5 Å². The van der Waals surface area contributed by atoms with Gasteiger partial charge in [-0.3, -0.25) is 14.6 Å². The fourth-order valence-corrected chi connectivity index (χ4v) is 2.26. The van der Waals surface area contributed by atoms with Crippen molar-refractivity contribution in [3.63, 3.8) is 0 Å². The largest absolute Gasteiger partial charge is 0.379 e. The predicted octanol–water partition coefficient (Wildman–Crippen LogP) is 0.388. The minimum atomic E-state index is 0. The number of morpholine rings is 1. The molecule has 0 atom stereocenters. The van der Waals surface area contributed by atoms with Gasteiger partial charge in [-0.25, -0.2) is 0 Å². The molecule has 1 aliphatic rings. The molecule has 0 aliphatic carbocycles. The number of aromatic nitrogens is 2. The molecule has 7 nitrogen and oxygen atoms in total. The average Bonchev–Trinajstić information content (AvgIpc) is 3.04. The van der Waals surface area contributed by atoms with E-state index in [4.69, 9.17) is 4.74 Å². The zero-order chi connectivity index (χ0) is 14.8. The number of ether oxygens (including phenoxy) is 1. The summed E-state index contributed by atoms with van der Waals surface area (Å²) >= 11 is 0. The van der Waals surface area contributed by atoms with Crippen LogP contribution in [-0.2, 0) is 11.3 Å². The summed E-state index contributed by atoms with van der Waals surface area (Å²) in [6, 6.07) is 1.94. The van der Waals surface area contributed by atoms with Crippen LogP contribution in [0.15, 0.2) is 23.5 Å². The van der Waals surface area contributed by atoms with Gasteiger partial charge in [0.15, 0.2) is 5.96 Å². The van der Waals surface area contributed by atoms with Crippen LogP contribution < -0.4 is 10.6 Å². The highest BCUT2D eigenvalue weighted by Gasteiger charge is 2.09. The fourth-order valence-electron chi connectivity index (χ4n) is 2.26. The Labute approximate surface area is 149 Å². The Morgan fingerprint density at radius 3 is 2.68 bits per heavy atom. The van der Waals surface area contributed by atoms with Crippen LogP contribution in [0.4, 0.5) is 0 Å². The Balaban J connectivity index is 0.00000242. The molecule has 1 aliphatic heterocycles. The molecule has 0 bridgehead atoms. The van der Waals surface area contributed by atoms with Gasteiger partial charge in [-0.1, -0.05) is 0 Å². The van der Waals surface area contributed by atoms with Crippen molar-refractivity contribution < 1.29 is 4.74 Å². The van der Waals surface area contributed by atoms with Gasteiger partial charge in [0.25, 0.3) is 0 Å². The molecule has 2 N–H and O–H groups in total. The lowest BCUT2D eigenvalue weighted by Gasteiger charge is -2.26. The molecule has 2 heterocycles. The molecule has 0 spiro atoms. The van der Waals surface area contributed by atoms with E-state index in [0.717, 1.165) is 64.9 Å². The maximum atomic E-state index is 5.34. The van der Waals surface area contributed by atoms with Crippen LogP contribution in [0.25, 0.3) is 0 Å². The minimum Gasteiger partial charge on any atom is -0.379 e. The summed E-state index contributed by atoms with van der Waals surface area (Å²) < 4.78 is 7.28. The standard InChI is InChI=1S/C14H26N6O.HI/c1-15-14(16-4-2-7-20-8-3-5-18-20)17-6-9-19-10-12-21-13-11-19;/h3,5,8H,2,4,6-7,9-13H2,1H3,(H2,15,16,17);1H. The number of guanidine groups is 1. The zero-order valence-electron chi connectivity index (χ0n) is 13.2. The number of nitrogens with one attached hydrogen (secondary N) is 2. The van der Waals surface area contributed by atoms with Crippen molar-refractivity contribution in [1.29, 1.82) is 0 Å². The van der Waals surface area contributed by atoms with Gasteiger partial charge in [0.1, 0.15) is 0 Å². The topological polar surface area (TPSA) is 66.7 Å². The van der Waals surface area contributed by atoms with Gasteiger partial charge in [-0.05, 0) is 12.5 Å². The molecule has 1 aromatic heterocycles. The lowest BCUT2D eigenvalue weighted by atomic mass is 10.4. The second-order valence-corrected chi connectivity index (χ2v) is 5.00. The third-order valence-electron chi connectivity index (χ3n) is 3.46. The highest BCUT2D eigenvalue weighted by atomic mass is 127. The average molecular weight is 422 g/mol. The van der Waals surface area contributed by atoms with Crippen LogP contribution in [0.5, 0.6) is 0 Å². The number of hydrogen-bond acceptors (Lipinski definition) is 4. The van der Waals surface area contributed by atoms with Gasteiger partial charge in [-0.15, -0.1) is 24.0 Å². The van der Waals surface area contributed by atoms with E-state index in [9.17, 15) is 0 Å². The summed E-state index contributed by atoms with van der Waals surface area (Å²) in [7, 11) is 1.80. The quantitative estimate of drug-likeness (QED) is 0.288. The van der Waals surface area contributed by atoms with Gasteiger partial charge < -0.3 is 15.4 Å². The summed E-state index contributed by atoms with van der Waals surface area (Å²) in [5.74, 6) is 0.865. The number of aryl methyl sites for hydroxylation is 1. The highest BCUT2D eigenvalue weighted by molar-refractivity contribution is 14.0. The first-order chi connectivity index (χ1) is 10.4. The Bertz CT molecular complexity index is 405. The maximum Gasteiger partial charge on any atom is 0.191 e. The minimum absolute atomic E-state index is 0. The predicted molar refractivity (Wildman–Crippen MR) is 98.9 cm³/mol. The van der Waals surface area contributed by atoms with Crippen LogP contribution in [-0.4, -0.2) is 73.6 Å². The van der Waals surface area contributed by atoms with Crippen molar-refractivity contribution in [1.82, 2.24) is 25.3 Å². The molecular weight excluding hydrogens is 395 g/mol. The molecule has 126 valence electrons. The first-order valence-electron chi connectivity index (χ1n) is 7.60. The Morgan fingerprint density at radius 1 is 1.23 bits per heavy atom. The summed E-state index contributed by atoms with van der Waals surface area (Å²) in [5, 5.41) is 10.9. The first kappa shape index (κ1) is 19.2. The van der Waals surface area contributed by atoms with E-state index in [2.05, 4.69) is 25.6 Å². The molecule has 0 aromatic carbocycles. The van der Waals surface area contributed by atoms with E-state index in [1.54, 1.807) is 13.2 Å². The lowest BCUT2D eigenvalue weighted by molar-refractivity contribution is 0.0389. The van der Waals surface area contributed by atoms with E-state index in [0.29, 0.717) is 0 Å². The van der Waals surface area contributed by atoms with Crippen LogP contribution in [0.2, 0.25) is 0 Å². The third kappa shape index (κ3) is 7.41. The second kappa shape index (κ2) is 11.7. The molecule has 0 saturated carbocycles. The second-order valence-electron chi connectivity index (χ2n) is 5.00. The third-order valence-corrected chi connectivity index (χ3v) is 3.46. The molecule has 22 heavy (non-hydrogen) atoms. The van der Waals surface area contributed by atoms with Crippen molar-refractivity contribution in [2.45, 2.75) is 13.0 Å². The molecule has 1 aromatic rings. The van der Waals surface area contributed by atoms with Gasteiger partial charge in [0.05, 0.1) is 13.2 Å².